The maximum atomic E-state index is 12.4. The van der Waals surface area contributed by atoms with Crippen LogP contribution in [0.3, 0.4) is 0 Å². The van der Waals surface area contributed by atoms with E-state index in [-0.39, 0.29) is 11.4 Å². The Morgan fingerprint density at radius 1 is 1.43 bits per heavy atom. The van der Waals surface area contributed by atoms with Crippen molar-refractivity contribution in [2.45, 2.75) is 25.3 Å². The molecule has 0 atom stereocenters. The lowest BCUT2D eigenvalue weighted by Gasteiger charge is -2.34. The smallest absolute Gasteiger partial charge is 0.271 e. The Labute approximate surface area is 139 Å². The van der Waals surface area contributed by atoms with Crippen molar-refractivity contribution in [2.24, 2.45) is 0 Å². The van der Waals surface area contributed by atoms with Gasteiger partial charge >= 0.3 is 0 Å². The third-order valence-corrected chi connectivity index (χ3v) is 6.17. The number of hydrogen-bond acceptors (Lipinski definition) is 5. The van der Waals surface area contributed by atoms with Gasteiger partial charge in [-0.3, -0.25) is 4.79 Å². The number of ether oxygens (including phenoxy) is 1. The van der Waals surface area contributed by atoms with Crippen molar-refractivity contribution in [1.82, 2.24) is 10.3 Å². The molecule has 0 unspecified atom stereocenters. The molecule has 4 nitrogen and oxygen atoms in total. The molecule has 0 aliphatic carbocycles. The number of amides is 1. The van der Waals surface area contributed by atoms with Crippen LogP contribution >= 0.6 is 38.6 Å². The molecule has 0 radical (unpaired) electrons. The van der Waals surface area contributed by atoms with Crippen LogP contribution < -0.4 is 5.32 Å². The van der Waals surface area contributed by atoms with Crippen molar-refractivity contribution >= 4 is 44.5 Å². The van der Waals surface area contributed by atoms with Gasteiger partial charge in [0.05, 0.1) is 8.66 Å². The Balaban J connectivity index is 1.72. The molecule has 0 saturated carbocycles. The summed E-state index contributed by atoms with van der Waals surface area (Å²) in [5.74, 6) is -0.0995. The lowest BCUT2D eigenvalue weighted by atomic mass is 9.92. The first kappa shape index (κ1) is 15.1. The monoisotopic (exact) mass is 386 g/mol. The summed E-state index contributed by atoms with van der Waals surface area (Å²) in [6, 6.07) is 4.00. The Hall–Kier alpha value is -0.760. The van der Waals surface area contributed by atoms with E-state index in [4.69, 9.17) is 4.74 Å². The van der Waals surface area contributed by atoms with E-state index in [0.29, 0.717) is 18.9 Å². The zero-order valence-electron chi connectivity index (χ0n) is 11.5. The molecule has 0 aromatic carbocycles. The fourth-order valence-corrected chi connectivity index (χ4v) is 4.46. The zero-order chi connectivity index (χ0) is 14.9. The minimum atomic E-state index is -0.189. The zero-order valence-corrected chi connectivity index (χ0v) is 14.7. The third-order valence-electron chi connectivity index (χ3n) is 3.53. The summed E-state index contributed by atoms with van der Waals surface area (Å²) < 4.78 is 6.41. The first-order valence-electron chi connectivity index (χ1n) is 6.67. The third kappa shape index (κ3) is 3.53. The summed E-state index contributed by atoms with van der Waals surface area (Å²) in [4.78, 5) is 17.9. The van der Waals surface area contributed by atoms with Gasteiger partial charge in [-0.15, -0.1) is 22.7 Å². The second kappa shape index (κ2) is 6.16. The van der Waals surface area contributed by atoms with E-state index in [0.717, 1.165) is 26.5 Å². The van der Waals surface area contributed by atoms with Crippen molar-refractivity contribution in [3.63, 3.8) is 0 Å². The van der Waals surface area contributed by atoms with E-state index in [9.17, 15) is 4.79 Å². The van der Waals surface area contributed by atoms with Gasteiger partial charge in [-0.2, -0.15) is 0 Å². The fraction of sp³-hybridized carbons (Fsp3) is 0.429. The molecule has 1 fully saturated rings. The number of aromatic nitrogens is 1. The van der Waals surface area contributed by atoms with Gasteiger partial charge in [0.25, 0.3) is 5.91 Å². The predicted molar refractivity (Wildman–Crippen MR) is 89.1 cm³/mol. The molecular formula is C14H15BrN2O2S2. The topological polar surface area (TPSA) is 51.2 Å². The van der Waals surface area contributed by atoms with Crippen LogP contribution in [0.4, 0.5) is 0 Å². The maximum Gasteiger partial charge on any atom is 0.271 e. The molecule has 3 rings (SSSR count). The first-order chi connectivity index (χ1) is 10.1. The lowest BCUT2D eigenvalue weighted by Crippen LogP contribution is -2.49. The maximum absolute atomic E-state index is 12.4. The van der Waals surface area contributed by atoms with Gasteiger partial charge in [-0.25, -0.2) is 4.98 Å². The molecule has 1 saturated heterocycles. The number of hydrogen-bond donors (Lipinski definition) is 1. The number of nitrogens with one attached hydrogen (secondary N) is 1. The minimum absolute atomic E-state index is 0.0995. The van der Waals surface area contributed by atoms with Crippen molar-refractivity contribution in [1.29, 1.82) is 0 Å². The van der Waals surface area contributed by atoms with Crippen molar-refractivity contribution in [2.75, 3.05) is 13.2 Å². The van der Waals surface area contributed by atoms with E-state index in [2.05, 4.69) is 33.2 Å². The quantitative estimate of drug-likeness (QED) is 0.868. The number of halogens is 1. The van der Waals surface area contributed by atoms with E-state index in [1.807, 2.05) is 17.5 Å². The van der Waals surface area contributed by atoms with Crippen molar-refractivity contribution in [3.05, 3.63) is 27.0 Å². The second-order valence-corrected chi connectivity index (χ2v) is 8.59. The van der Waals surface area contributed by atoms with Crippen LogP contribution in [0.5, 0.6) is 0 Å². The average molecular weight is 387 g/mol. The van der Waals surface area contributed by atoms with Gasteiger partial charge in [-0.05, 0) is 47.8 Å². The van der Waals surface area contributed by atoms with Crippen LogP contribution in [-0.2, 0) is 4.74 Å². The summed E-state index contributed by atoms with van der Waals surface area (Å²) >= 11 is 6.56. The summed E-state index contributed by atoms with van der Waals surface area (Å²) in [5, 5.41) is 5.80. The molecule has 21 heavy (non-hydrogen) atoms. The highest BCUT2D eigenvalue weighted by molar-refractivity contribution is 9.11. The van der Waals surface area contributed by atoms with Gasteiger partial charge in [0.15, 0.2) is 0 Å². The van der Waals surface area contributed by atoms with Crippen LogP contribution in [0, 0.1) is 0 Å². The van der Waals surface area contributed by atoms with E-state index in [1.165, 1.54) is 11.3 Å². The average Bonchev–Trinajstić information content (AvgIpc) is 3.07. The number of carbonyl (C=O) groups is 1. The molecule has 1 aliphatic rings. The largest absolute Gasteiger partial charge is 0.381 e. The highest BCUT2D eigenvalue weighted by atomic mass is 79.9. The van der Waals surface area contributed by atoms with Crippen molar-refractivity contribution < 1.29 is 9.53 Å². The number of nitrogens with zero attached hydrogens (tertiary/aromatic N) is 1. The van der Waals surface area contributed by atoms with Crippen LogP contribution in [-0.4, -0.2) is 29.6 Å². The lowest BCUT2D eigenvalue weighted by molar-refractivity contribution is 0.0421. The van der Waals surface area contributed by atoms with Gasteiger partial charge < -0.3 is 10.1 Å². The molecule has 0 bridgehead atoms. The molecule has 1 aliphatic heterocycles. The Bertz CT molecular complexity index is 647. The minimum Gasteiger partial charge on any atom is -0.381 e. The molecule has 7 heteroatoms. The van der Waals surface area contributed by atoms with Gasteiger partial charge in [0.1, 0.15) is 10.7 Å². The number of rotatable bonds is 3. The number of thiophene rings is 1. The first-order valence-corrected chi connectivity index (χ1v) is 9.16. The molecule has 1 amide bonds. The van der Waals surface area contributed by atoms with Crippen molar-refractivity contribution in [3.8, 4) is 9.88 Å². The summed E-state index contributed by atoms with van der Waals surface area (Å²) in [7, 11) is 0. The number of carbonyl (C=O) groups excluding carboxylic acids is 1. The summed E-state index contributed by atoms with van der Waals surface area (Å²) in [6.45, 7) is 3.46. The molecule has 1 N–H and O–H groups in total. The van der Waals surface area contributed by atoms with Gasteiger partial charge in [-0.1, -0.05) is 0 Å². The number of thiazole rings is 1. The van der Waals surface area contributed by atoms with E-state index >= 15 is 0 Å². The predicted octanol–water partition coefficient (Wildman–Crippen LogP) is 3.93. The highest BCUT2D eigenvalue weighted by Gasteiger charge is 2.30. The molecule has 2 aromatic heterocycles. The molecule has 0 spiro atoms. The summed E-state index contributed by atoms with van der Waals surface area (Å²) in [6.07, 6.45) is 1.68. The van der Waals surface area contributed by atoms with Gasteiger partial charge in [0, 0.05) is 24.1 Å². The molecule has 2 aromatic rings. The standard InChI is InChI=1S/C14H15BrN2O2S2/c1-14(4-6-19-7-5-14)17-12(18)9-8-20-13(16-9)10-2-3-11(15)21-10/h2-3,8H,4-7H2,1H3,(H,17,18). The molecular weight excluding hydrogens is 372 g/mol. The summed E-state index contributed by atoms with van der Waals surface area (Å²) in [5.41, 5.74) is 0.303. The van der Waals surface area contributed by atoms with Crippen LogP contribution in [0.25, 0.3) is 9.88 Å². The molecule has 3 heterocycles. The van der Waals surface area contributed by atoms with Crippen LogP contribution in [0.15, 0.2) is 21.3 Å². The van der Waals surface area contributed by atoms with E-state index in [1.54, 1.807) is 11.3 Å². The van der Waals surface area contributed by atoms with Crippen LogP contribution in [0.1, 0.15) is 30.3 Å². The fourth-order valence-electron chi connectivity index (χ4n) is 2.21. The molecule has 112 valence electrons. The highest BCUT2D eigenvalue weighted by Crippen LogP contribution is 2.33. The van der Waals surface area contributed by atoms with Crippen LogP contribution in [0.2, 0.25) is 0 Å². The normalized spacial score (nSPS) is 17.6. The Morgan fingerprint density at radius 3 is 2.86 bits per heavy atom. The Morgan fingerprint density at radius 2 is 2.19 bits per heavy atom. The van der Waals surface area contributed by atoms with Gasteiger partial charge in [0.2, 0.25) is 0 Å². The van der Waals surface area contributed by atoms with E-state index < -0.39 is 0 Å². The SMILES string of the molecule is CC1(NC(=O)c2csc(-c3ccc(Br)s3)n2)CCOCC1. The second-order valence-electron chi connectivity index (χ2n) is 5.27. The Kier molecular flexibility index (Phi) is 4.44.